The third-order valence-electron chi connectivity index (χ3n) is 5.79. The number of rotatable bonds is 8. The molecule has 0 unspecified atom stereocenters. The van der Waals surface area contributed by atoms with E-state index in [0.717, 1.165) is 48.7 Å². The normalized spacial score (nSPS) is 14.6. The van der Waals surface area contributed by atoms with Crippen LogP contribution in [0, 0.1) is 0 Å². The Kier molecular flexibility index (Phi) is 7.42. The molecule has 0 spiro atoms. The van der Waals surface area contributed by atoms with E-state index < -0.39 is 0 Å². The summed E-state index contributed by atoms with van der Waals surface area (Å²) in [7, 11) is 1.63. The molecule has 1 aromatic heterocycles. The van der Waals surface area contributed by atoms with Gasteiger partial charge in [-0.15, -0.1) is 0 Å². The number of piperidine rings is 1. The van der Waals surface area contributed by atoms with Crippen LogP contribution in [0.15, 0.2) is 66.9 Å². The monoisotopic (exact) mass is 447 g/mol. The van der Waals surface area contributed by atoms with Crippen molar-refractivity contribution < 1.29 is 19.4 Å². The Balaban J connectivity index is 1.24. The van der Waals surface area contributed by atoms with Crippen molar-refractivity contribution in [3.05, 3.63) is 83.7 Å². The van der Waals surface area contributed by atoms with Gasteiger partial charge in [-0.2, -0.15) is 0 Å². The molecule has 172 valence electrons. The molecule has 0 saturated carbocycles. The van der Waals surface area contributed by atoms with Gasteiger partial charge in [-0.3, -0.25) is 14.7 Å². The van der Waals surface area contributed by atoms with Crippen molar-refractivity contribution in [3.63, 3.8) is 0 Å². The first kappa shape index (κ1) is 22.6. The average molecular weight is 448 g/mol. The van der Waals surface area contributed by atoms with Gasteiger partial charge < -0.3 is 19.9 Å². The summed E-state index contributed by atoms with van der Waals surface area (Å²) in [4.78, 5) is 18.9. The molecule has 7 nitrogen and oxygen atoms in total. The van der Waals surface area contributed by atoms with Crippen molar-refractivity contribution in [2.24, 2.45) is 0 Å². The van der Waals surface area contributed by atoms with Gasteiger partial charge in [0.25, 0.3) is 5.91 Å². The summed E-state index contributed by atoms with van der Waals surface area (Å²) >= 11 is 0. The average Bonchev–Trinajstić information content (AvgIpc) is 2.86. The number of aromatic nitrogens is 1. The zero-order chi connectivity index (χ0) is 23.0. The molecule has 3 aromatic rings. The van der Waals surface area contributed by atoms with Gasteiger partial charge in [-0.1, -0.05) is 6.07 Å². The van der Waals surface area contributed by atoms with Gasteiger partial charge in [-0.25, -0.2) is 0 Å². The number of nitrogens with one attached hydrogen (secondary N) is 1. The zero-order valence-electron chi connectivity index (χ0n) is 18.7. The van der Waals surface area contributed by atoms with Crippen molar-refractivity contribution in [1.82, 2.24) is 15.2 Å². The highest BCUT2D eigenvalue weighted by atomic mass is 16.5. The van der Waals surface area contributed by atoms with Crippen LogP contribution in [0.25, 0.3) is 0 Å². The van der Waals surface area contributed by atoms with E-state index in [9.17, 15) is 9.90 Å². The van der Waals surface area contributed by atoms with E-state index >= 15 is 0 Å². The summed E-state index contributed by atoms with van der Waals surface area (Å²) in [6, 6.07) is 18.2. The minimum absolute atomic E-state index is 0.129. The van der Waals surface area contributed by atoms with Gasteiger partial charge >= 0.3 is 0 Å². The number of carbonyl (C=O) groups excluding carboxylic acids is 1. The first-order valence-corrected chi connectivity index (χ1v) is 11.1. The second kappa shape index (κ2) is 10.8. The van der Waals surface area contributed by atoms with Crippen LogP contribution >= 0.6 is 0 Å². The molecule has 0 atom stereocenters. The van der Waals surface area contributed by atoms with Crippen LogP contribution in [-0.4, -0.2) is 47.2 Å². The van der Waals surface area contributed by atoms with E-state index in [1.54, 1.807) is 37.6 Å². The van der Waals surface area contributed by atoms with Crippen LogP contribution in [0.5, 0.6) is 17.2 Å². The Labute approximate surface area is 194 Å². The lowest BCUT2D eigenvalue weighted by Gasteiger charge is -2.32. The quantitative estimate of drug-likeness (QED) is 0.547. The zero-order valence-corrected chi connectivity index (χ0v) is 18.7. The lowest BCUT2D eigenvalue weighted by molar-refractivity contribution is 0.0947. The van der Waals surface area contributed by atoms with Gasteiger partial charge in [0.2, 0.25) is 0 Å². The molecule has 1 amide bonds. The molecule has 33 heavy (non-hydrogen) atoms. The molecule has 2 N–H and O–H groups in total. The van der Waals surface area contributed by atoms with Crippen LogP contribution < -0.4 is 14.8 Å². The van der Waals surface area contributed by atoms with E-state index in [4.69, 9.17) is 9.47 Å². The molecule has 0 bridgehead atoms. The maximum atomic E-state index is 12.4. The molecule has 0 radical (unpaired) electrons. The van der Waals surface area contributed by atoms with Gasteiger partial charge in [0, 0.05) is 37.0 Å². The van der Waals surface area contributed by atoms with Crippen LogP contribution in [0.1, 0.15) is 34.5 Å². The fourth-order valence-corrected chi connectivity index (χ4v) is 3.89. The number of hydrogen-bond acceptors (Lipinski definition) is 6. The van der Waals surface area contributed by atoms with Crippen molar-refractivity contribution >= 4 is 5.91 Å². The first-order valence-electron chi connectivity index (χ1n) is 11.1. The number of ether oxygens (including phenoxy) is 2. The summed E-state index contributed by atoms with van der Waals surface area (Å²) in [6.45, 7) is 2.84. The minimum atomic E-state index is -0.138. The number of benzene rings is 2. The number of carbonyl (C=O) groups is 1. The fourth-order valence-electron chi connectivity index (χ4n) is 3.89. The van der Waals surface area contributed by atoms with Crippen molar-refractivity contribution in [2.75, 3.05) is 20.2 Å². The number of phenolic OH excluding ortho intramolecular Hbond substituents is 1. The van der Waals surface area contributed by atoms with Crippen LogP contribution in [0.2, 0.25) is 0 Å². The Morgan fingerprint density at radius 2 is 1.85 bits per heavy atom. The van der Waals surface area contributed by atoms with Gasteiger partial charge in [0.15, 0.2) is 0 Å². The fraction of sp³-hybridized carbons (Fsp3) is 0.308. The molecule has 1 aliphatic heterocycles. The largest absolute Gasteiger partial charge is 0.508 e. The second-order valence-corrected chi connectivity index (χ2v) is 8.12. The number of hydrogen-bond donors (Lipinski definition) is 2. The Hall–Kier alpha value is -3.58. The number of pyridine rings is 1. The predicted molar refractivity (Wildman–Crippen MR) is 125 cm³/mol. The topological polar surface area (TPSA) is 83.9 Å². The molecule has 1 saturated heterocycles. The molecule has 1 fully saturated rings. The van der Waals surface area contributed by atoms with Gasteiger partial charge in [0.1, 0.15) is 23.4 Å². The minimum Gasteiger partial charge on any atom is -0.508 e. The van der Waals surface area contributed by atoms with Gasteiger partial charge in [-0.05, 0) is 67.4 Å². The number of nitrogens with zero attached hydrogens (tertiary/aromatic N) is 2. The molecule has 0 aliphatic carbocycles. The summed E-state index contributed by atoms with van der Waals surface area (Å²) in [6.07, 6.45) is 3.64. The van der Waals surface area contributed by atoms with E-state index in [0.29, 0.717) is 24.4 Å². The van der Waals surface area contributed by atoms with Crippen LogP contribution in [-0.2, 0) is 13.1 Å². The lowest BCUT2D eigenvalue weighted by atomic mass is 10.1. The SMILES string of the molecule is COc1ccc(O)c(CN2CCC(Oc3ccc(C(=O)NCc4ccccn4)cc3)CC2)c1. The second-order valence-electron chi connectivity index (χ2n) is 8.12. The predicted octanol–water partition coefficient (Wildman–Crippen LogP) is 3.77. The molecule has 4 rings (SSSR count). The highest BCUT2D eigenvalue weighted by molar-refractivity contribution is 5.94. The Morgan fingerprint density at radius 3 is 2.55 bits per heavy atom. The van der Waals surface area contributed by atoms with Crippen LogP contribution in [0.4, 0.5) is 0 Å². The van der Waals surface area contributed by atoms with E-state index in [1.165, 1.54) is 0 Å². The Morgan fingerprint density at radius 1 is 1.09 bits per heavy atom. The summed E-state index contributed by atoms with van der Waals surface area (Å²) in [5.41, 5.74) is 2.27. The molecule has 2 heterocycles. The van der Waals surface area contributed by atoms with Crippen molar-refractivity contribution in [1.29, 1.82) is 0 Å². The van der Waals surface area contributed by atoms with E-state index in [1.807, 2.05) is 36.4 Å². The summed E-state index contributed by atoms with van der Waals surface area (Å²) in [5.74, 6) is 1.66. The number of aromatic hydroxyl groups is 1. The summed E-state index contributed by atoms with van der Waals surface area (Å²) < 4.78 is 11.4. The number of likely N-dealkylation sites (tertiary alicyclic amines) is 1. The van der Waals surface area contributed by atoms with E-state index in [-0.39, 0.29) is 12.0 Å². The third-order valence-corrected chi connectivity index (χ3v) is 5.79. The van der Waals surface area contributed by atoms with Gasteiger partial charge in [0.05, 0.1) is 19.3 Å². The molecule has 1 aliphatic rings. The molecule has 7 heteroatoms. The standard InChI is InChI=1S/C26H29N3O4/c1-32-24-9-10-25(30)20(16-24)18-29-14-11-23(12-15-29)33-22-7-5-19(6-8-22)26(31)28-17-21-4-2-3-13-27-21/h2-10,13,16,23,30H,11-12,14-15,17-18H2,1H3,(H,28,31). The molecular formula is C26H29N3O4. The number of amides is 1. The third kappa shape index (κ3) is 6.23. The first-order chi connectivity index (χ1) is 16.1. The maximum Gasteiger partial charge on any atom is 0.251 e. The highest BCUT2D eigenvalue weighted by Gasteiger charge is 2.21. The maximum absolute atomic E-state index is 12.4. The lowest BCUT2D eigenvalue weighted by Crippen LogP contribution is -2.37. The summed E-state index contributed by atoms with van der Waals surface area (Å²) in [5, 5.41) is 13.0. The number of methoxy groups -OCH3 is 1. The smallest absolute Gasteiger partial charge is 0.251 e. The molecule has 2 aromatic carbocycles. The van der Waals surface area contributed by atoms with Crippen LogP contribution in [0.3, 0.4) is 0 Å². The molecular weight excluding hydrogens is 418 g/mol. The van der Waals surface area contributed by atoms with Crippen molar-refractivity contribution in [3.8, 4) is 17.2 Å². The highest BCUT2D eigenvalue weighted by Crippen LogP contribution is 2.26. The van der Waals surface area contributed by atoms with E-state index in [2.05, 4.69) is 15.2 Å². The Bertz CT molecular complexity index is 1050. The van der Waals surface area contributed by atoms with Crippen molar-refractivity contribution in [2.45, 2.75) is 32.0 Å². The number of phenols is 1.